The third-order valence-electron chi connectivity index (χ3n) is 2.56. The number of carbonyl (C=O) groups excluding carboxylic acids is 1. The van der Waals surface area contributed by atoms with Crippen LogP contribution in [-0.2, 0) is 11.2 Å². The van der Waals surface area contributed by atoms with Gasteiger partial charge in [0.25, 0.3) is 0 Å². The first-order valence-electron chi connectivity index (χ1n) is 6.56. The van der Waals surface area contributed by atoms with E-state index in [4.69, 9.17) is 0 Å². The zero-order valence-corrected chi connectivity index (χ0v) is 11.9. The number of aliphatic hydroxyl groups is 1. The molecule has 0 aliphatic heterocycles. The smallest absolute Gasteiger partial charge is 0.243 e. The predicted octanol–water partition coefficient (Wildman–Crippen LogP) is 2.31. The van der Waals surface area contributed by atoms with Gasteiger partial charge in [-0.1, -0.05) is 57.2 Å². The standard InChI is InChI=1S/C16H23NO2/c1-16(2,3)10-9-15(19)17-12-14(18)11-13-7-5-4-6-8-13/h4-10,14,18H,11-12H2,1-3H3,(H,17,19)/b10-9+. The molecule has 0 aromatic heterocycles. The molecule has 0 fully saturated rings. The van der Waals surface area contributed by atoms with Crippen molar-refractivity contribution in [3.63, 3.8) is 0 Å². The summed E-state index contributed by atoms with van der Waals surface area (Å²) >= 11 is 0. The molecule has 0 saturated carbocycles. The number of nitrogens with one attached hydrogen (secondary N) is 1. The molecule has 0 saturated heterocycles. The molecular weight excluding hydrogens is 238 g/mol. The Morgan fingerprint density at radius 2 is 1.95 bits per heavy atom. The summed E-state index contributed by atoms with van der Waals surface area (Å²) in [5.41, 5.74) is 1.05. The zero-order chi connectivity index (χ0) is 14.3. The van der Waals surface area contributed by atoms with Gasteiger partial charge in [-0.05, 0) is 17.1 Å². The Bertz CT molecular complexity index is 418. The maximum absolute atomic E-state index is 11.5. The molecule has 2 N–H and O–H groups in total. The van der Waals surface area contributed by atoms with Crippen LogP contribution in [0.4, 0.5) is 0 Å². The minimum Gasteiger partial charge on any atom is -0.391 e. The van der Waals surface area contributed by atoms with Crippen LogP contribution in [-0.4, -0.2) is 23.7 Å². The lowest BCUT2D eigenvalue weighted by Crippen LogP contribution is -2.32. The van der Waals surface area contributed by atoms with Crippen LogP contribution in [0, 0.1) is 5.41 Å². The molecule has 1 aromatic rings. The minimum absolute atomic E-state index is 0.0139. The SMILES string of the molecule is CC(C)(C)/C=C/C(=O)NCC(O)Cc1ccccc1. The first-order chi connectivity index (χ1) is 8.87. The molecule has 0 bridgehead atoms. The molecule has 0 aliphatic rings. The van der Waals surface area contributed by atoms with E-state index in [0.717, 1.165) is 5.56 Å². The number of hydrogen-bond acceptors (Lipinski definition) is 2. The van der Waals surface area contributed by atoms with Crippen LogP contribution in [0.5, 0.6) is 0 Å². The average molecular weight is 261 g/mol. The largest absolute Gasteiger partial charge is 0.391 e. The molecule has 0 heterocycles. The molecule has 0 aliphatic carbocycles. The number of carbonyl (C=O) groups is 1. The van der Waals surface area contributed by atoms with Crippen LogP contribution in [0.3, 0.4) is 0 Å². The molecule has 1 aromatic carbocycles. The highest BCUT2D eigenvalue weighted by Crippen LogP contribution is 2.13. The van der Waals surface area contributed by atoms with Crippen LogP contribution in [0.2, 0.25) is 0 Å². The second kappa shape index (κ2) is 7.10. The van der Waals surface area contributed by atoms with Crippen LogP contribution < -0.4 is 5.32 Å². The van der Waals surface area contributed by atoms with Crippen molar-refractivity contribution in [3.8, 4) is 0 Å². The summed E-state index contributed by atoms with van der Waals surface area (Å²) in [5.74, 6) is -0.165. The third-order valence-corrected chi connectivity index (χ3v) is 2.56. The fourth-order valence-corrected chi connectivity index (χ4v) is 1.56. The highest BCUT2D eigenvalue weighted by Gasteiger charge is 2.08. The van der Waals surface area contributed by atoms with E-state index < -0.39 is 6.10 Å². The average Bonchev–Trinajstić information content (AvgIpc) is 2.34. The first-order valence-corrected chi connectivity index (χ1v) is 6.56. The lowest BCUT2D eigenvalue weighted by Gasteiger charge is -2.12. The summed E-state index contributed by atoms with van der Waals surface area (Å²) < 4.78 is 0. The van der Waals surface area contributed by atoms with Gasteiger partial charge in [-0.3, -0.25) is 4.79 Å². The molecule has 3 nitrogen and oxygen atoms in total. The van der Waals surface area contributed by atoms with Crippen molar-refractivity contribution in [1.29, 1.82) is 0 Å². The fourth-order valence-electron chi connectivity index (χ4n) is 1.56. The van der Waals surface area contributed by atoms with Crippen LogP contribution in [0.25, 0.3) is 0 Å². The summed E-state index contributed by atoms with van der Waals surface area (Å²) in [6.45, 7) is 6.35. The molecule has 0 radical (unpaired) electrons. The zero-order valence-electron chi connectivity index (χ0n) is 11.9. The second-order valence-electron chi connectivity index (χ2n) is 5.79. The lowest BCUT2D eigenvalue weighted by molar-refractivity contribution is -0.117. The van der Waals surface area contributed by atoms with Gasteiger partial charge in [-0.15, -0.1) is 0 Å². The lowest BCUT2D eigenvalue weighted by atomic mass is 9.96. The third kappa shape index (κ3) is 7.42. The van der Waals surface area contributed by atoms with Gasteiger partial charge in [-0.2, -0.15) is 0 Å². The van der Waals surface area contributed by atoms with Gasteiger partial charge in [0.05, 0.1) is 6.10 Å². The van der Waals surface area contributed by atoms with Crippen molar-refractivity contribution in [2.45, 2.75) is 33.3 Å². The van der Waals surface area contributed by atoms with E-state index in [9.17, 15) is 9.90 Å². The van der Waals surface area contributed by atoms with Crippen molar-refractivity contribution in [2.24, 2.45) is 5.41 Å². The molecule has 0 spiro atoms. The Labute approximate surface area is 115 Å². The van der Waals surface area contributed by atoms with E-state index in [-0.39, 0.29) is 17.9 Å². The number of hydrogen-bond donors (Lipinski definition) is 2. The van der Waals surface area contributed by atoms with Crippen LogP contribution in [0.15, 0.2) is 42.5 Å². The van der Waals surface area contributed by atoms with E-state index >= 15 is 0 Å². The summed E-state index contributed by atoms with van der Waals surface area (Å²) in [5, 5.41) is 12.5. The molecule has 104 valence electrons. The highest BCUT2D eigenvalue weighted by molar-refractivity contribution is 5.87. The molecule has 1 rings (SSSR count). The summed E-state index contributed by atoms with van der Waals surface area (Å²) in [7, 11) is 0. The van der Waals surface area contributed by atoms with Crippen LogP contribution >= 0.6 is 0 Å². The predicted molar refractivity (Wildman–Crippen MR) is 77.8 cm³/mol. The van der Waals surface area contributed by atoms with Crippen molar-refractivity contribution in [3.05, 3.63) is 48.0 Å². The van der Waals surface area contributed by atoms with Gasteiger partial charge < -0.3 is 10.4 Å². The van der Waals surface area contributed by atoms with Gasteiger partial charge in [0, 0.05) is 13.0 Å². The number of rotatable bonds is 5. The van der Waals surface area contributed by atoms with Crippen molar-refractivity contribution < 1.29 is 9.90 Å². The highest BCUT2D eigenvalue weighted by atomic mass is 16.3. The topological polar surface area (TPSA) is 49.3 Å². The maximum Gasteiger partial charge on any atom is 0.243 e. The molecule has 3 heteroatoms. The Hall–Kier alpha value is -1.61. The van der Waals surface area contributed by atoms with Gasteiger partial charge in [0.1, 0.15) is 0 Å². The normalized spacial score (nSPS) is 13.5. The van der Waals surface area contributed by atoms with Gasteiger partial charge >= 0.3 is 0 Å². The maximum atomic E-state index is 11.5. The molecule has 1 unspecified atom stereocenters. The first kappa shape index (κ1) is 15.4. The van der Waals surface area contributed by atoms with E-state index in [1.807, 2.05) is 57.2 Å². The number of amides is 1. The Morgan fingerprint density at radius 3 is 2.53 bits per heavy atom. The van der Waals surface area contributed by atoms with E-state index in [1.54, 1.807) is 0 Å². The van der Waals surface area contributed by atoms with E-state index in [1.165, 1.54) is 6.08 Å². The summed E-state index contributed by atoms with van der Waals surface area (Å²) in [6.07, 6.45) is 3.36. The molecular formula is C16H23NO2. The van der Waals surface area contributed by atoms with Gasteiger partial charge in [0.15, 0.2) is 0 Å². The Balaban J connectivity index is 2.32. The molecule has 19 heavy (non-hydrogen) atoms. The van der Waals surface area contributed by atoms with Gasteiger partial charge in [0.2, 0.25) is 5.91 Å². The Kier molecular flexibility index (Phi) is 5.77. The van der Waals surface area contributed by atoms with E-state index in [2.05, 4.69) is 5.32 Å². The van der Waals surface area contributed by atoms with Crippen molar-refractivity contribution in [2.75, 3.05) is 6.54 Å². The van der Waals surface area contributed by atoms with Crippen molar-refractivity contribution >= 4 is 5.91 Å². The monoisotopic (exact) mass is 261 g/mol. The van der Waals surface area contributed by atoms with Gasteiger partial charge in [-0.25, -0.2) is 0 Å². The molecule has 1 amide bonds. The quantitative estimate of drug-likeness (QED) is 0.799. The van der Waals surface area contributed by atoms with Crippen molar-refractivity contribution in [1.82, 2.24) is 5.32 Å². The minimum atomic E-state index is -0.561. The number of aliphatic hydroxyl groups excluding tert-OH is 1. The summed E-state index contributed by atoms with van der Waals surface area (Å²) in [4.78, 5) is 11.5. The number of allylic oxidation sites excluding steroid dienone is 1. The Morgan fingerprint density at radius 1 is 1.32 bits per heavy atom. The summed E-state index contributed by atoms with van der Waals surface area (Å²) in [6, 6.07) is 9.74. The van der Waals surface area contributed by atoms with Crippen LogP contribution in [0.1, 0.15) is 26.3 Å². The fraction of sp³-hybridized carbons (Fsp3) is 0.438. The van der Waals surface area contributed by atoms with E-state index in [0.29, 0.717) is 6.42 Å². The number of benzene rings is 1. The molecule has 1 atom stereocenters. The second-order valence-corrected chi connectivity index (χ2v) is 5.79.